The van der Waals surface area contributed by atoms with E-state index < -0.39 is 11.7 Å². The molecule has 2 N–H and O–H groups in total. The second-order valence-electron chi connectivity index (χ2n) is 3.13. The zero-order chi connectivity index (χ0) is 12.0. The van der Waals surface area contributed by atoms with E-state index in [1.807, 2.05) is 0 Å². The summed E-state index contributed by atoms with van der Waals surface area (Å²) in [6.45, 7) is -0.241. The van der Waals surface area contributed by atoms with Gasteiger partial charge in [-0.2, -0.15) is 0 Å². The Hall–Kier alpha value is -1.53. The van der Waals surface area contributed by atoms with Crippen molar-refractivity contribution >= 4 is 5.91 Å². The predicted molar refractivity (Wildman–Crippen MR) is 54.3 cm³/mol. The van der Waals surface area contributed by atoms with Crippen LogP contribution in [0.1, 0.15) is 10.4 Å². The lowest BCUT2D eigenvalue weighted by Gasteiger charge is -2.20. The molecule has 1 amide bonds. The normalized spacial score (nSPS) is 10.2. The van der Waals surface area contributed by atoms with Crippen molar-refractivity contribution in [2.24, 2.45) is 0 Å². The quantitative estimate of drug-likeness (QED) is 0.722. The first-order valence-electron chi connectivity index (χ1n) is 4.80. The van der Waals surface area contributed by atoms with Crippen molar-refractivity contribution < 1.29 is 19.4 Å². The third-order valence-corrected chi connectivity index (χ3v) is 1.98. The van der Waals surface area contributed by atoms with E-state index in [-0.39, 0.29) is 31.9 Å². The van der Waals surface area contributed by atoms with Crippen molar-refractivity contribution in [2.45, 2.75) is 0 Å². The third kappa shape index (κ3) is 3.25. The fraction of sp³-hybridized carbons (Fsp3) is 0.400. The van der Waals surface area contributed by atoms with Gasteiger partial charge in [0.1, 0.15) is 5.82 Å². The van der Waals surface area contributed by atoms with Crippen LogP contribution in [0.2, 0.25) is 0 Å². The second kappa shape index (κ2) is 6.14. The van der Waals surface area contributed by atoms with Gasteiger partial charge in [0.15, 0.2) is 0 Å². The molecule has 1 heterocycles. The SMILES string of the molecule is O=C(c1cncc(F)c1)N(CCO)CCO. The van der Waals surface area contributed by atoms with E-state index in [4.69, 9.17) is 10.2 Å². The molecule has 88 valence electrons. The van der Waals surface area contributed by atoms with Crippen LogP contribution in [0.15, 0.2) is 18.5 Å². The molecule has 0 aromatic carbocycles. The lowest BCUT2D eigenvalue weighted by atomic mass is 10.2. The number of aliphatic hydroxyl groups is 2. The van der Waals surface area contributed by atoms with Crippen LogP contribution in [-0.4, -0.2) is 52.3 Å². The molecule has 6 heteroatoms. The molecular formula is C10H13FN2O3. The maximum atomic E-state index is 12.8. The first kappa shape index (κ1) is 12.5. The van der Waals surface area contributed by atoms with Gasteiger partial charge in [0.2, 0.25) is 0 Å². The number of carbonyl (C=O) groups is 1. The Labute approximate surface area is 92.2 Å². The van der Waals surface area contributed by atoms with Crippen LogP contribution < -0.4 is 0 Å². The molecule has 0 spiro atoms. The fourth-order valence-corrected chi connectivity index (χ4v) is 1.27. The van der Waals surface area contributed by atoms with Gasteiger partial charge in [0, 0.05) is 19.3 Å². The van der Waals surface area contributed by atoms with E-state index in [2.05, 4.69) is 4.98 Å². The summed E-state index contributed by atoms with van der Waals surface area (Å²) in [7, 11) is 0. The smallest absolute Gasteiger partial charge is 0.255 e. The van der Waals surface area contributed by atoms with Crippen molar-refractivity contribution in [3.05, 3.63) is 29.8 Å². The molecule has 0 aliphatic carbocycles. The van der Waals surface area contributed by atoms with Crippen molar-refractivity contribution in [3.63, 3.8) is 0 Å². The molecule has 0 saturated carbocycles. The molecule has 5 nitrogen and oxygen atoms in total. The molecule has 1 aromatic rings. The molecule has 16 heavy (non-hydrogen) atoms. The van der Waals surface area contributed by atoms with E-state index in [1.165, 1.54) is 11.1 Å². The minimum Gasteiger partial charge on any atom is -0.395 e. The Morgan fingerprint density at radius 1 is 1.31 bits per heavy atom. The van der Waals surface area contributed by atoms with Gasteiger partial charge in [-0.3, -0.25) is 9.78 Å². The van der Waals surface area contributed by atoms with E-state index in [0.29, 0.717) is 0 Å². The van der Waals surface area contributed by atoms with Crippen LogP contribution in [0.25, 0.3) is 0 Å². The van der Waals surface area contributed by atoms with E-state index >= 15 is 0 Å². The van der Waals surface area contributed by atoms with Gasteiger partial charge in [-0.05, 0) is 6.07 Å². The highest BCUT2D eigenvalue weighted by Gasteiger charge is 2.15. The third-order valence-electron chi connectivity index (χ3n) is 1.98. The molecule has 0 saturated heterocycles. The number of hydrogen-bond acceptors (Lipinski definition) is 4. The molecule has 1 aromatic heterocycles. The Bertz CT molecular complexity index is 354. The topological polar surface area (TPSA) is 73.7 Å². The maximum absolute atomic E-state index is 12.8. The molecule has 0 fully saturated rings. The molecule has 0 bridgehead atoms. The van der Waals surface area contributed by atoms with Crippen LogP contribution in [-0.2, 0) is 0 Å². The number of aromatic nitrogens is 1. The summed E-state index contributed by atoms with van der Waals surface area (Å²) in [5.41, 5.74) is 0.0990. The van der Waals surface area contributed by atoms with Crippen LogP contribution in [0.5, 0.6) is 0 Å². The maximum Gasteiger partial charge on any atom is 0.255 e. The number of carbonyl (C=O) groups excluding carboxylic acids is 1. The molecule has 0 aliphatic heterocycles. The Morgan fingerprint density at radius 2 is 1.94 bits per heavy atom. The zero-order valence-corrected chi connectivity index (χ0v) is 8.64. The number of halogens is 1. The first-order chi connectivity index (χ1) is 7.69. The van der Waals surface area contributed by atoms with Crippen LogP contribution in [0, 0.1) is 5.82 Å². The summed E-state index contributed by atoms with van der Waals surface area (Å²) < 4.78 is 12.8. The zero-order valence-electron chi connectivity index (χ0n) is 8.64. The van der Waals surface area contributed by atoms with Gasteiger partial charge < -0.3 is 15.1 Å². The lowest BCUT2D eigenvalue weighted by molar-refractivity contribution is 0.0684. The van der Waals surface area contributed by atoms with Gasteiger partial charge in [-0.25, -0.2) is 4.39 Å². The van der Waals surface area contributed by atoms with E-state index in [9.17, 15) is 9.18 Å². The summed E-state index contributed by atoms with van der Waals surface area (Å²) in [4.78, 5) is 16.6. The van der Waals surface area contributed by atoms with Gasteiger partial charge >= 0.3 is 0 Å². The average Bonchev–Trinajstić information content (AvgIpc) is 2.28. The lowest BCUT2D eigenvalue weighted by Crippen LogP contribution is -2.35. The summed E-state index contributed by atoms with van der Waals surface area (Å²) in [5, 5.41) is 17.5. The molecule has 0 atom stereocenters. The van der Waals surface area contributed by atoms with E-state index in [0.717, 1.165) is 12.3 Å². The monoisotopic (exact) mass is 228 g/mol. The number of hydrogen-bond donors (Lipinski definition) is 2. The highest BCUT2D eigenvalue weighted by molar-refractivity contribution is 5.93. The standard InChI is InChI=1S/C10H13FN2O3/c11-9-5-8(6-12-7-9)10(16)13(1-3-14)2-4-15/h5-7,14-15H,1-4H2. The number of rotatable bonds is 5. The van der Waals surface area contributed by atoms with Crippen molar-refractivity contribution in [1.82, 2.24) is 9.88 Å². The molecule has 0 unspecified atom stereocenters. The molecule has 1 rings (SSSR count). The molecule has 0 aliphatic rings. The Morgan fingerprint density at radius 3 is 2.44 bits per heavy atom. The van der Waals surface area contributed by atoms with E-state index in [1.54, 1.807) is 0 Å². The van der Waals surface area contributed by atoms with Crippen LogP contribution in [0.3, 0.4) is 0 Å². The summed E-state index contributed by atoms with van der Waals surface area (Å²) in [5.74, 6) is -1.06. The minimum absolute atomic E-state index is 0.0932. The average molecular weight is 228 g/mol. The summed E-state index contributed by atoms with van der Waals surface area (Å²) in [6, 6.07) is 1.07. The van der Waals surface area contributed by atoms with Crippen molar-refractivity contribution in [1.29, 1.82) is 0 Å². The molecular weight excluding hydrogens is 215 g/mol. The number of pyridine rings is 1. The molecule has 0 radical (unpaired) electrons. The van der Waals surface area contributed by atoms with Crippen LogP contribution >= 0.6 is 0 Å². The number of amides is 1. The second-order valence-corrected chi connectivity index (χ2v) is 3.13. The fourth-order valence-electron chi connectivity index (χ4n) is 1.27. The van der Waals surface area contributed by atoms with Gasteiger partial charge in [0.05, 0.1) is 25.0 Å². The minimum atomic E-state index is -0.598. The number of nitrogens with zero attached hydrogens (tertiary/aromatic N) is 2. The summed E-state index contributed by atoms with van der Waals surface area (Å²) in [6.07, 6.45) is 2.24. The first-order valence-corrected chi connectivity index (χ1v) is 4.80. The van der Waals surface area contributed by atoms with Gasteiger partial charge in [-0.1, -0.05) is 0 Å². The Balaban J connectivity index is 2.81. The van der Waals surface area contributed by atoms with Gasteiger partial charge in [-0.15, -0.1) is 0 Å². The van der Waals surface area contributed by atoms with Gasteiger partial charge in [0.25, 0.3) is 5.91 Å². The largest absolute Gasteiger partial charge is 0.395 e. The van der Waals surface area contributed by atoms with Crippen LogP contribution in [0.4, 0.5) is 4.39 Å². The number of aliphatic hydroxyl groups excluding tert-OH is 2. The highest BCUT2D eigenvalue weighted by Crippen LogP contribution is 2.05. The van der Waals surface area contributed by atoms with Crippen molar-refractivity contribution in [2.75, 3.05) is 26.3 Å². The predicted octanol–water partition coefficient (Wildman–Crippen LogP) is -0.352. The van der Waals surface area contributed by atoms with Crippen molar-refractivity contribution in [3.8, 4) is 0 Å². The summed E-state index contributed by atoms with van der Waals surface area (Å²) >= 11 is 0. The Kier molecular flexibility index (Phi) is 4.81. The highest BCUT2D eigenvalue weighted by atomic mass is 19.1.